The Labute approximate surface area is 181 Å². The van der Waals surface area contributed by atoms with Crippen molar-refractivity contribution < 1.29 is 19.1 Å². The third-order valence-electron chi connectivity index (χ3n) is 5.23. The second-order valence-electron chi connectivity index (χ2n) is 7.87. The Hall–Kier alpha value is -3.55. The maximum absolute atomic E-state index is 13.1. The summed E-state index contributed by atoms with van der Waals surface area (Å²) in [6.07, 6.45) is 0. The van der Waals surface area contributed by atoms with Gasteiger partial charge >= 0.3 is 0 Å². The quantitative estimate of drug-likeness (QED) is 0.773. The van der Waals surface area contributed by atoms with E-state index in [-0.39, 0.29) is 29.6 Å². The van der Waals surface area contributed by atoms with Crippen LogP contribution in [0.4, 0.5) is 5.69 Å². The summed E-state index contributed by atoms with van der Waals surface area (Å²) in [5, 5.41) is 4.41. The van der Waals surface area contributed by atoms with Gasteiger partial charge in [-0.15, -0.1) is 0 Å². The first-order valence-corrected chi connectivity index (χ1v) is 10.4. The number of amidine groups is 1. The number of carbonyl (C=O) groups is 2. The zero-order chi connectivity index (χ0) is 22.0. The summed E-state index contributed by atoms with van der Waals surface area (Å²) < 4.78 is 11.3. The molecular weight excluding hydrogens is 396 g/mol. The number of benzene rings is 2. The Bertz CT molecular complexity index is 1010. The largest absolute Gasteiger partial charge is 0.486 e. The van der Waals surface area contributed by atoms with Gasteiger partial charge in [-0.2, -0.15) is 0 Å². The molecule has 0 saturated carbocycles. The van der Waals surface area contributed by atoms with Crippen molar-refractivity contribution in [3.8, 4) is 11.5 Å². The van der Waals surface area contributed by atoms with Crippen molar-refractivity contribution >= 4 is 23.3 Å². The number of anilines is 1. The molecule has 2 aliphatic heterocycles. The van der Waals surface area contributed by atoms with E-state index >= 15 is 0 Å². The number of nitrogens with zero attached hydrogens (tertiary/aromatic N) is 2. The molecule has 4 rings (SSSR count). The van der Waals surface area contributed by atoms with E-state index in [1.54, 1.807) is 19.1 Å². The molecule has 2 aromatic carbocycles. The lowest BCUT2D eigenvalue weighted by molar-refractivity contribution is -0.120. The van der Waals surface area contributed by atoms with Crippen LogP contribution in [0.25, 0.3) is 0 Å². The Kier molecular flexibility index (Phi) is 5.79. The molecule has 2 amide bonds. The highest BCUT2D eigenvalue weighted by Gasteiger charge is 2.32. The summed E-state index contributed by atoms with van der Waals surface area (Å²) in [6, 6.07) is 13.9. The number of nitrogens with one attached hydrogen (secondary N) is 2. The molecule has 8 nitrogen and oxygen atoms in total. The molecule has 2 aliphatic rings. The molecule has 2 atom stereocenters. The van der Waals surface area contributed by atoms with E-state index in [9.17, 15) is 9.59 Å². The third kappa shape index (κ3) is 4.33. The first-order valence-electron chi connectivity index (χ1n) is 10.4. The summed E-state index contributed by atoms with van der Waals surface area (Å²) in [5.41, 5.74) is 4.43. The van der Waals surface area contributed by atoms with Crippen LogP contribution >= 0.6 is 0 Å². The summed E-state index contributed by atoms with van der Waals surface area (Å²) in [4.78, 5) is 30.0. The van der Waals surface area contributed by atoms with Crippen LogP contribution in [0.1, 0.15) is 32.4 Å². The number of ether oxygens (including phenoxy) is 2. The van der Waals surface area contributed by atoms with Gasteiger partial charge < -0.3 is 14.8 Å². The van der Waals surface area contributed by atoms with Gasteiger partial charge in [-0.1, -0.05) is 38.1 Å². The molecule has 2 unspecified atom stereocenters. The first-order chi connectivity index (χ1) is 14.9. The van der Waals surface area contributed by atoms with Crippen LogP contribution < -0.4 is 25.2 Å². The van der Waals surface area contributed by atoms with Gasteiger partial charge in [0.15, 0.2) is 11.5 Å². The highest BCUT2D eigenvalue weighted by Crippen LogP contribution is 2.34. The predicted molar refractivity (Wildman–Crippen MR) is 117 cm³/mol. The minimum atomic E-state index is -0.672. The number of aliphatic imine (C=N–C) groups is 1. The standard InChI is InChI=1S/C23H26N4O4/c1-14(2)20(16-9-10-18-19(13-16)31-12-11-30-18)25-22(28)21-24-15(3)23(29)27(26-21)17-7-5-4-6-8-17/h4-10,13-15,20H,11-12H2,1-3H3,(H,24,26)(H,25,28). The van der Waals surface area contributed by atoms with Gasteiger partial charge in [0.2, 0.25) is 5.84 Å². The number of rotatable bonds is 5. The van der Waals surface area contributed by atoms with Crippen molar-refractivity contribution in [2.45, 2.75) is 32.9 Å². The van der Waals surface area contributed by atoms with Gasteiger partial charge in [-0.25, -0.2) is 10.0 Å². The van der Waals surface area contributed by atoms with Gasteiger partial charge in [0, 0.05) is 0 Å². The van der Waals surface area contributed by atoms with Crippen LogP contribution in [0.5, 0.6) is 11.5 Å². The predicted octanol–water partition coefficient (Wildman–Crippen LogP) is 2.61. The van der Waals surface area contributed by atoms with Crippen LogP contribution in [-0.4, -0.2) is 36.9 Å². The Balaban J connectivity index is 1.55. The number of hydrogen-bond acceptors (Lipinski definition) is 6. The third-order valence-corrected chi connectivity index (χ3v) is 5.23. The fraction of sp³-hybridized carbons (Fsp3) is 0.348. The maximum Gasteiger partial charge on any atom is 0.288 e. The molecule has 0 saturated heterocycles. The summed E-state index contributed by atoms with van der Waals surface area (Å²) in [6.45, 7) is 6.75. The number of fused-ring (bicyclic) bond motifs is 1. The number of carbonyl (C=O) groups excluding carboxylic acids is 2. The van der Waals surface area contributed by atoms with E-state index in [4.69, 9.17) is 9.47 Å². The molecule has 0 radical (unpaired) electrons. The van der Waals surface area contributed by atoms with E-state index < -0.39 is 6.04 Å². The average molecular weight is 422 g/mol. The van der Waals surface area contributed by atoms with E-state index in [1.165, 1.54) is 5.01 Å². The molecule has 2 aromatic rings. The average Bonchev–Trinajstić information content (AvgIpc) is 2.79. The molecule has 0 spiro atoms. The van der Waals surface area contributed by atoms with Crippen molar-refractivity contribution in [1.82, 2.24) is 10.7 Å². The second-order valence-corrected chi connectivity index (χ2v) is 7.87. The van der Waals surface area contributed by atoms with Crippen LogP contribution in [0.15, 0.2) is 53.5 Å². The smallest absolute Gasteiger partial charge is 0.288 e. The van der Waals surface area contributed by atoms with Gasteiger partial charge in [-0.05, 0) is 42.7 Å². The molecule has 0 aromatic heterocycles. The zero-order valence-corrected chi connectivity index (χ0v) is 17.8. The lowest BCUT2D eigenvalue weighted by Crippen LogP contribution is -2.58. The van der Waals surface area contributed by atoms with Crippen LogP contribution in [-0.2, 0) is 9.59 Å². The number of hydrazine groups is 1. The van der Waals surface area contributed by atoms with Gasteiger partial charge in [0.25, 0.3) is 11.8 Å². The Morgan fingerprint density at radius 3 is 2.55 bits per heavy atom. The van der Waals surface area contributed by atoms with E-state index in [2.05, 4.69) is 15.7 Å². The van der Waals surface area contributed by atoms with Crippen LogP contribution in [0, 0.1) is 5.92 Å². The second kappa shape index (κ2) is 8.67. The summed E-state index contributed by atoms with van der Waals surface area (Å²) in [7, 11) is 0. The van der Waals surface area contributed by atoms with Crippen molar-refractivity contribution in [2.24, 2.45) is 10.9 Å². The van der Waals surface area contributed by atoms with E-state index in [0.717, 1.165) is 5.56 Å². The van der Waals surface area contributed by atoms with E-state index in [1.807, 2.05) is 50.2 Å². The molecule has 0 aliphatic carbocycles. The minimum absolute atomic E-state index is 0.0964. The number of amides is 2. The Morgan fingerprint density at radius 1 is 1.13 bits per heavy atom. The lowest BCUT2D eigenvalue weighted by Gasteiger charge is -2.31. The molecule has 0 bridgehead atoms. The van der Waals surface area contributed by atoms with E-state index in [0.29, 0.717) is 30.4 Å². The van der Waals surface area contributed by atoms with Crippen molar-refractivity contribution in [1.29, 1.82) is 0 Å². The van der Waals surface area contributed by atoms with Crippen LogP contribution in [0.3, 0.4) is 0 Å². The first kappa shape index (κ1) is 20.7. The Morgan fingerprint density at radius 2 is 1.84 bits per heavy atom. The molecule has 0 fully saturated rings. The molecule has 31 heavy (non-hydrogen) atoms. The monoisotopic (exact) mass is 422 g/mol. The molecule has 2 N–H and O–H groups in total. The van der Waals surface area contributed by atoms with Gasteiger partial charge in [-0.3, -0.25) is 15.0 Å². The number of hydrogen-bond donors (Lipinski definition) is 2. The van der Waals surface area contributed by atoms with Crippen LogP contribution in [0.2, 0.25) is 0 Å². The summed E-state index contributed by atoms with van der Waals surface area (Å²) in [5.74, 6) is 0.974. The fourth-order valence-electron chi connectivity index (χ4n) is 3.60. The minimum Gasteiger partial charge on any atom is -0.486 e. The van der Waals surface area contributed by atoms with Crippen molar-refractivity contribution in [3.05, 3.63) is 54.1 Å². The van der Waals surface area contributed by atoms with Gasteiger partial charge in [0.1, 0.15) is 19.3 Å². The van der Waals surface area contributed by atoms with Crippen molar-refractivity contribution in [2.75, 3.05) is 18.2 Å². The maximum atomic E-state index is 13.1. The highest BCUT2D eigenvalue weighted by molar-refractivity contribution is 6.39. The molecule has 2 heterocycles. The topological polar surface area (TPSA) is 92.3 Å². The molecule has 8 heteroatoms. The SMILES string of the molecule is CC1N=C(C(=O)NC(c2ccc3c(c2)OCCO3)C(C)C)NN(c2ccccc2)C1=O. The van der Waals surface area contributed by atoms with Crippen molar-refractivity contribution in [3.63, 3.8) is 0 Å². The normalized spacial score (nSPS) is 18.8. The molecular formula is C23H26N4O4. The highest BCUT2D eigenvalue weighted by atomic mass is 16.6. The lowest BCUT2D eigenvalue weighted by atomic mass is 9.95. The zero-order valence-electron chi connectivity index (χ0n) is 17.8. The molecule has 162 valence electrons. The van der Waals surface area contributed by atoms with Gasteiger partial charge in [0.05, 0.1) is 11.7 Å². The fourth-order valence-corrected chi connectivity index (χ4v) is 3.60. The number of para-hydroxylation sites is 1. The summed E-state index contributed by atoms with van der Waals surface area (Å²) >= 11 is 0.